The molecule has 5 aromatic rings. The van der Waals surface area contributed by atoms with Gasteiger partial charge in [-0.05, 0) is 84.4 Å². The normalized spacial score (nSPS) is 19.5. The first-order valence-electron chi connectivity index (χ1n) is 14.4. The maximum atomic E-state index is 4.70. The molecule has 0 aliphatic carbocycles. The maximum Gasteiger partial charge on any atom is 0.123 e. The molecule has 3 aromatic carbocycles. The number of nitrogens with zero attached hydrogens (tertiary/aromatic N) is 2. The van der Waals surface area contributed by atoms with Gasteiger partial charge in [0.05, 0.1) is 35.9 Å². The van der Waals surface area contributed by atoms with Crippen molar-refractivity contribution in [3.8, 4) is 22.4 Å². The third-order valence-corrected chi connectivity index (χ3v) is 8.08. The lowest BCUT2D eigenvalue weighted by Crippen LogP contribution is -2.14. The molecule has 2 fully saturated rings. The quantitative estimate of drug-likeness (QED) is 0.169. The van der Waals surface area contributed by atoms with E-state index >= 15 is 0 Å². The lowest BCUT2D eigenvalue weighted by molar-refractivity contribution is 0.612. The maximum absolute atomic E-state index is 4.70. The largest absolute Gasteiger partial charge is 0.341 e. The van der Waals surface area contributed by atoms with Crippen molar-refractivity contribution in [1.29, 1.82) is 0 Å². The molecule has 2 atom stereocenters. The van der Waals surface area contributed by atoms with Gasteiger partial charge in [0.1, 0.15) is 11.6 Å². The molecule has 7 rings (SSSR count). The van der Waals surface area contributed by atoms with E-state index in [9.17, 15) is 0 Å². The summed E-state index contributed by atoms with van der Waals surface area (Å²) >= 11 is 0. The second-order valence-electron chi connectivity index (χ2n) is 10.8. The predicted molar refractivity (Wildman–Crippen MR) is 164 cm³/mol. The van der Waals surface area contributed by atoms with E-state index in [1.54, 1.807) is 0 Å². The van der Waals surface area contributed by atoms with Crippen LogP contribution in [0.4, 0.5) is 0 Å². The Balaban J connectivity index is 1.19. The number of aromatic nitrogens is 4. The van der Waals surface area contributed by atoms with Crippen molar-refractivity contribution in [2.24, 2.45) is 0 Å². The van der Waals surface area contributed by atoms with Crippen LogP contribution in [-0.4, -0.2) is 33.0 Å². The van der Waals surface area contributed by atoms with E-state index in [0.29, 0.717) is 12.1 Å². The van der Waals surface area contributed by atoms with Crippen LogP contribution in [0.3, 0.4) is 0 Å². The van der Waals surface area contributed by atoms with Gasteiger partial charge in [-0.3, -0.25) is 0 Å². The lowest BCUT2D eigenvalue weighted by Gasteiger charge is -2.11. The summed E-state index contributed by atoms with van der Waals surface area (Å²) in [5, 5.41) is 9.52. The first-order chi connectivity index (χ1) is 19.8. The zero-order valence-electron chi connectivity index (χ0n) is 22.5. The molecule has 6 heteroatoms. The molecule has 0 bridgehead atoms. The highest BCUT2D eigenvalue weighted by Gasteiger charge is 2.20. The summed E-state index contributed by atoms with van der Waals surface area (Å²) in [4.78, 5) is 16.3. The van der Waals surface area contributed by atoms with Gasteiger partial charge in [0.2, 0.25) is 0 Å². The minimum atomic E-state index is 0.322. The molecule has 200 valence electrons. The Bertz CT molecular complexity index is 1680. The summed E-state index contributed by atoms with van der Waals surface area (Å²) in [6, 6.07) is 22.6. The molecule has 2 aromatic heterocycles. The summed E-state index contributed by atoms with van der Waals surface area (Å²) in [6.45, 7) is 2.12. The van der Waals surface area contributed by atoms with Crippen LogP contribution in [0.1, 0.15) is 60.7 Å². The van der Waals surface area contributed by atoms with Gasteiger partial charge >= 0.3 is 0 Å². The number of fused-ring (bicyclic) bond motifs is 1. The average Bonchev–Trinajstić information content (AvgIpc) is 3.82. The summed E-state index contributed by atoms with van der Waals surface area (Å²) in [5.41, 5.74) is 6.76. The highest BCUT2D eigenvalue weighted by atomic mass is 15.0. The molecule has 4 heterocycles. The number of rotatable bonds is 7. The third-order valence-electron chi connectivity index (χ3n) is 8.08. The second kappa shape index (κ2) is 11.1. The molecule has 2 aliphatic heterocycles. The molecule has 0 saturated carbocycles. The van der Waals surface area contributed by atoms with Gasteiger partial charge in [-0.1, -0.05) is 66.8 Å². The zero-order valence-corrected chi connectivity index (χ0v) is 22.5. The van der Waals surface area contributed by atoms with Gasteiger partial charge in [0.25, 0.3) is 0 Å². The van der Waals surface area contributed by atoms with Crippen molar-refractivity contribution in [3.63, 3.8) is 0 Å². The SMILES string of the molecule is C(C=Cc1ccc(-c2cnc([C@@H]3CCCN3)[nH]2)cc1-c1ccc2ccccc2c1)=Cc1cnc([C@@H]2CCCN2)[nH]1. The molecule has 6 nitrogen and oxygen atoms in total. The van der Waals surface area contributed by atoms with Gasteiger partial charge in [0, 0.05) is 5.56 Å². The number of aromatic amines is 2. The minimum Gasteiger partial charge on any atom is -0.341 e. The first-order valence-corrected chi connectivity index (χ1v) is 14.4. The van der Waals surface area contributed by atoms with E-state index in [1.165, 1.54) is 40.3 Å². The molecular weight excluding hydrogens is 492 g/mol. The summed E-state index contributed by atoms with van der Waals surface area (Å²) in [5.74, 6) is 2.06. The Morgan fingerprint density at radius 3 is 2.20 bits per heavy atom. The van der Waals surface area contributed by atoms with E-state index in [2.05, 4.69) is 111 Å². The van der Waals surface area contributed by atoms with Crippen LogP contribution >= 0.6 is 0 Å². The number of benzene rings is 3. The van der Waals surface area contributed by atoms with Crippen LogP contribution in [0.2, 0.25) is 0 Å². The van der Waals surface area contributed by atoms with E-state index < -0.39 is 0 Å². The average molecular weight is 527 g/mol. The van der Waals surface area contributed by atoms with Crippen molar-refractivity contribution >= 4 is 22.9 Å². The van der Waals surface area contributed by atoms with Crippen LogP contribution in [0.5, 0.6) is 0 Å². The molecular formula is C34H34N6. The van der Waals surface area contributed by atoms with Crippen LogP contribution in [0.15, 0.2) is 85.2 Å². The number of imidazole rings is 2. The van der Waals surface area contributed by atoms with Crippen LogP contribution in [-0.2, 0) is 0 Å². The van der Waals surface area contributed by atoms with Crippen molar-refractivity contribution in [2.45, 2.75) is 37.8 Å². The summed E-state index contributed by atoms with van der Waals surface area (Å²) in [6.07, 6.45) is 17.0. The standard InChI is InChI=1S/C34H34N6/c1-2-9-25-19-26(15-13-23(25)7-1)29-20-27(32-22-38-34(40-32)31-12-6-18-36-31)16-14-24(29)8-3-4-10-28-21-37-33(39-28)30-11-5-17-35-30/h1-4,7-10,13-16,19-22,30-31,35-36H,5-6,11-12,17-18H2,(H,37,39)(H,38,40)/t30-,31-/m0/s1. The molecule has 2 saturated heterocycles. The van der Waals surface area contributed by atoms with Crippen LogP contribution in [0, 0.1) is 0 Å². The molecule has 0 radical (unpaired) electrons. The zero-order chi connectivity index (χ0) is 26.7. The van der Waals surface area contributed by atoms with Gasteiger partial charge in [-0.2, -0.15) is 0 Å². The fourth-order valence-electron chi connectivity index (χ4n) is 5.90. The van der Waals surface area contributed by atoms with Gasteiger partial charge < -0.3 is 20.6 Å². The Hall–Kier alpha value is -4.26. The fourth-order valence-corrected chi connectivity index (χ4v) is 5.90. The van der Waals surface area contributed by atoms with E-state index in [1.807, 2.05) is 12.4 Å². The Labute approximate surface area is 234 Å². The highest BCUT2D eigenvalue weighted by molar-refractivity contribution is 5.90. The number of H-pyrrole nitrogens is 2. The number of hydrogen-bond acceptors (Lipinski definition) is 4. The summed E-state index contributed by atoms with van der Waals surface area (Å²) in [7, 11) is 0. The molecule has 40 heavy (non-hydrogen) atoms. The lowest BCUT2D eigenvalue weighted by atomic mass is 9.94. The molecule has 0 spiro atoms. The van der Waals surface area contributed by atoms with Crippen LogP contribution < -0.4 is 10.6 Å². The smallest absolute Gasteiger partial charge is 0.123 e. The Morgan fingerprint density at radius 1 is 0.675 bits per heavy atom. The third kappa shape index (κ3) is 5.16. The van der Waals surface area contributed by atoms with Gasteiger partial charge in [-0.25, -0.2) is 9.97 Å². The minimum absolute atomic E-state index is 0.322. The predicted octanol–water partition coefficient (Wildman–Crippen LogP) is 7.20. The number of hydrogen-bond donors (Lipinski definition) is 4. The topological polar surface area (TPSA) is 81.4 Å². The van der Waals surface area contributed by atoms with Gasteiger partial charge in [-0.15, -0.1) is 0 Å². The van der Waals surface area contributed by atoms with E-state index in [4.69, 9.17) is 4.98 Å². The molecule has 0 amide bonds. The van der Waals surface area contributed by atoms with E-state index in [-0.39, 0.29) is 0 Å². The molecule has 0 unspecified atom stereocenters. The van der Waals surface area contributed by atoms with Crippen LogP contribution in [0.25, 0.3) is 45.3 Å². The molecule has 2 aliphatic rings. The molecule has 4 N–H and O–H groups in total. The monoisotopic (exact) mass is 526 g/mol. The van der Waals surface area contributed by atoms with Crippen molar-refractivity contribution in [3.05, 3.63) is 108 Å². The van der Waals surface area contributed by atoms with Crippen molar-refractivity contribution in [1.82, 2.24) is 30.6 Å². The van der Waals surface area contributed by atoms with E-state index in [0.717, 1.165) is 54.5 Å². The van der Waals surface area contributed by atoms with Crippen molar-refractivity contribution < 1.29 is 0 Å². The van der Waals surface area contributed by atoms with Crippen molar-refractivity contribution in [2.75, 3.05) is 13.1 Å². The second-order valence-corrected chi connectivity index (χ2v) is 10.8. The highest BCUT2D eigenvalue weighted by Crippen LogP contribution is 2.33. The first kappa shape index (κ1) is 24.8. The van der Waals surface area contributed by atoms with Gasteiger partial charge in [0.15, 0.2) is 0 Å². The summed E-state index contributed by atoms with van der Waals surface area (Å²) < 4.78 is 0. The number of allylic oxidation sites excluding steroid dienone is 2. The Morgan fingerprint density at radius 2 is 1.40 bits per heavy atom. The fraction of sp³-hybridized carbons (Fsp3) is 0.235. The number of nitrogens with one attached hydrogen (secondary N) is 4. The Kier molecular flexibility index (Phi) is 6.86.